The smallest absolute Gasteiger partial charge is 0.222 e. The first-order valence-electron chi connectivity index (χ1n) is 6.60. The zero-order valence-electron chi connectivity index (χ0n) is 11.9. The molecule has 0 saturated heterocycles. The second kappa shape index (κ2) is 6.57. The molecule has 0 unspecified atom stereocenters. The minimum Gasteiger partial charge on any atom is -0.508 e. The van der Waals surface area contributed by atoms with Crippen molar-refractivity contribution in [3.05, 3.63) is 29.8 Å². The summed E-state index contributed by atoms with van der Waals surface area (Å²) < 4.78 is 0. The number of benzene rings is 1. The zero-order valence-corrected chi connectivity index (χ0v) is 11.9. The molecule has 1 aromatic carbocycles. The van der Waals surface area contributed by atoms with Gasteiger partial charge in [-0.15, -0.1) is 0 Å². The summed E-state index contributed by atoms with van der Waals surface area (Å²) in [6, 6.07) is 7.03. The molecule has 0 radical (unpaired) electrons. The minimum atomic E-state index is -0.888. The van der Waals surface area contributed by atoms with Crippen LogP contribution in [0.15, 0.2) is 24.3 Å². The van der Waals surface area contributed by atoms with Crippen molar-refractivity contribution in [3.63, 3.8) is 0 Å². The number of aryl methyl sites for hydroxylation is 1. The van der Waals surface area contributed by atoms with Gasteiger partial charge in [0, 0.05) is 19.5 Å². The van der Waals surface area contributed by atoms with Crippen LogP contribution in [0.2, 0.25) is 0 Å². The van der Waals surface area contributed by atoms with Crippen molar-refractivity contribution in [2.75, 3.05) is 13.1 Å². The van der Waals surface area contributed by atoms with Crippen LogP contribution < -0.4 is 0 Å². The largest absolute Gasteiger partial charge is 0.508 e. The first-order chi connectivity index (χ1) is 8.83. The molecular formula is C15H23NO3. The molecule has 106 valence electrons. The lowest BCUT2D eigenvalue weighted by Crippen LogP contribution is -2.42. The van der Waals surface area contributed by atoms with Gasteiger partial charge in [-0.1, -0.05) is 18.2 Å². The summed E-state index contributed by atoms with van der Waals surface area (Å²) in [7, 11) is 0. The second-order valence-corrected chi connectivity index (χ2v) is 5.35. The van der Waals surface area contributed by atoms with E-state index < -0.39 is 5.60 Å². The van der Waals surface area contributed by atoms with Gasteiger partial charge in [-0.25, -0.2) is 0 Å². The Kier molecular flexibility index (Phi) is 5.36. The Balaban J connectivity index is 2.57. The van der Waals surface area contributed by atoms with E-state index in [0.717, 1.165) is 5.56 Å². The van der Waals surface area contributed by atoms with Crippen molar-refractivity contribution in [1.82, 2.24) is 4.90 Å². The number of amides is 1. The summed E-state index contributed by atoms with van der Waals surface area (Å²) in [5.41, 5.74) is -0.115. The predicted molar refractivity (Wildman–Crippen MR) is 75.0 cm³/mol. The highest BCUT2D eigenvalue weighted by atomic mass is 16.3. The summed E-state index contributed by atoms with van der Waals surface area (Å²) in [4.78, 5) is 13.7. The van der Waals surface area contributed by atoms with Crippen molar-refractivity contribution >= 4 is 5.91 Å². The maximum Gasteiger partial charge on any atom is 0.222 e. The molecule has 0 aliphatic carbocycles. The Labute approximate surface area is 114 Å². The highest BCUT2D eigenvalue weighted by Crippen LogP contribution is 2.18. The van der Waals surface area contributed by atoms with E-state index >= 15 is 0 Å². The van der Waals surface area contributed by atoms with Gasteiger partial charge in [0.1, 0.15) is 5.75 Å². The van der Waals surface area contributed by atoms with Crippen LogP contribution in [0.5, 0.6) is 5.75 Å². The molecule has 0 fully saturated rings. The molecule has 4 heteroatoms. The molecule has 0 spiro atoms. The number of likely N-dealkylation sites (N-methyl/N-ethyl adjacent to an activating group) is 1. The van der Waals surface area contributed by atoms with Crippen molar-refractivity contribution in [2.45, 2.75) is 39.2 Å². The lowest BCUT2D eigenvalue weighted by Gasteiger charge is -2.28. The van der Waals surface area contributed by atoms with Crippen molar-refractivity contribution in [1.29, 1.82) is 0 Å². The minimum absolute atomic E-state index is 0.00659. The summed E-state index contributed by atoms with van der Waals surface area (Å²) in [5.74, 6) is 0.216. The number of hydrogen-bond acceptors (Lipinski definition) is 3. The van der Waals surface area contributed by atoms with Gasteiger partial charge in [-0.3, -0.25) is 4.79 Å². The number of rotatable bonds is 6. The van der Waals surface area contributed by atoms with Crippen LogP contribution in [0.3, 0.4) is 0 Å². The quantitative estimate of drug-likeness (QED) is 0.826. The Bertz CT molecular complexity index is 424. The highest BCUT2D eigenvalue weighted by molar-refractivity contribution is 5.76. The van der Waals surface area contributed by atoms with Crippen molar-refractivity contribution in [3.8, 4) is 5.75 Å². The van der Waals surface area contributed by atoms with Gasteiger partial charge in [0.25, 0.3) is 0 Å². The first-order valence-corrected chi connectivity index (χ1v) is 6.60. The average molecular weight is 265 g/mol. The maximum absolute atomic E-state index is 12.1. The Morgan fingerprint density at radius 3 is 2.47 bits per heavy atom. The van der Waals surface area contributed by atoms with E-state index in [1.165, 1.54) is 0 Å². The third kappa shape index (κ3) is 5.30. The van der Waals surface area contributed by atoms with Crippen LogP contribution in [0.1, 0.15) is 32.8 Å². The number of aromatic hydroxyl groups is 1. The van der Waals surface area contributed by atoms with Crippen LogP contribution in [-0.2, 0) is 11.2 Å². The number of aliphatic hydroxyl groups is 1. The van der Waals surface area contributed by atoms with Gasteiger partial charge in [0.15, 0.2) is 0 Å². The van der Waals surface area contributed by atoms with Crippen LogP contribution in [0.25, 0.3) is 0 Å². The van der Waals surface area contributed by atoms with Gasteiger partial charge in [0.05, 0.1) is 5.60 Å². The standard InChI is InChI=1S/C15H23NO3/c1-4-16(11-15(2,3)19)14(18)10-9-12-7-5-6-8-13(12)17/h5-8,17,19H,4,9-11H2,1-3H3. The van der Waals surface area contributed by atoms with E-state index in [2.05, 4.69) is 0 Å². The Hall–Kier alpha value is -1.55. The monoisotopic (exact) mass is 265 g/mol. The molecule has 0 bridgehead atoms. The maximum atomic E-state index is 12.1. The number of para-hydroxylation sites is 1. The number of hydrogen-bond donors (Lipinski definition) is 2. The summed E-state index contributed by atoms with van der Waals surface area (Å²) in [6.07, 6.45) is 0.843. The topological polar surface area (TPSA) is 60.8 Å². The molecule has 19 heavy (non-hydrogen) atoms. The SMILES string of the molecule is CCN(CC(C)(C)O)C(=O)CCc1ccccc1O. The predicted octanol–water partition coefficient (Wildman–Crippen LogP) is 1.94. The third-order valence-electron chi connectivity index (χ3n) is 2.91. The summed E-state index contributed by atoms with van der Waals surface area (Å²) in [5, 5.41) is 19.4. The van der Waals surface area contributed by atoms with E-state index in [4.69, 9.17) is 0 Å². The third-order valence-corrected chi connectivity index (χ3v) is 2.91. The normalized spacial score (nSPS) is 11.4. The summed E-state index contributed by atoms with van der Waals surface area (Å²) in [6.45, 7) is 6.16. The molecule has 0 aliphatic heterocycles. The molecule has 0 atom stereocenters. The molecular weight excluding hydrogens is 242 g/mol. The van der Waals surface area contributed by atoms with E-state index in [-0.39, 0.29) is 11.7 Å². The van der Waals surface area contributed by atoms with E-state index in [1.54, 1.807) is 30.9 Å². The van der Waals surface area contributed by atoms with Crippen LogP contribution >= 0.6 is 0 Å². The van der Waals surface area contributed by atoms with Gasteiger partial charge in [0.2, 0.25) is 5.91 Å². The van der Waals surface area contributed by atoms with E-state index in [0.29, 0.717) is 25.9 Å². The van der Waals surface area contributed by atoms with E-state index in [1.807, 2.05) is 19.1 Å². The molecule has 1 rings (SSSR count). The zero-order chi connectivity index (χ0) is 14.5. The number of carbonyl (C=O) groups excluding carboxylic acids is 1. The molecule has 4 nitrogen and oxygen atoms in total. The van der Waals surface area contributed by atoms with Crippen LogP contribution in [0, 0.1) is 0 Å². The molecule has 1 amide bonds. The van der Waals surface area contributed by atoms with Gasteiger partial charge >= 0.3 is 0 Å². The molecule has 0 saturated carbocycles. The van der Waals surface area contributed by atoms with Crippen molar-refractivity contribution in [2.24, 2.45) is 0 Å². The lowest BCUT2D eigenvalue weighted by molar-refractivity contribution is -0.133. The van der Waals surface area contributed by atoms with Crippen LogP contribution in [0.4, 0.5) is 0 Å². The van der Waals surface area contributed by atoms with Crippen molar-refractivity contribution < 1.29 is 15.0 Å². The highest BCUT2D eigenvalue weighted by Gasteiger charge is 2.21. The molecule has 2 N–H and O–H groups in total. The van der Waals surface area contributed by atoms with E-state index in [9.17, 15) is 15.0 Å². The Morgan fingerprint density at radius 1 is 1.32 bits per heavy atom. The molecule has 0 aliphatic rings. The fraction of sp³-hybridized carbons (Fsp3) is 0.533. The molecule has 0 aromatic heterocycles. The fourth-order valence-corrected chi connectivity index (χ4v) is 1.97. The number of carbonyl (C=O) groups is 1. The van der Waals surface area contributed by atoms with Gasteiger partial charge < -0.3 is 15.1 Å². The number of nitrogens with zero attached hydrogens (tertiary/aromatic N) is 1. The number of phenolic OH excluding ortho intramolecular Hbond substituents is 1. The number of phenols is 1. The second-order valence-electron chi connectivity index (χ2n) is 5.35. The van der Waals surface area contributed by atoms with Gasteiger partial charge in [-0.05, 0) is 38.8 Å². The van der Waals surface area contributed by atoms with Gasteiger partial charge in [-0.2, -0.15) is 0 Å². The Morgan fingerprint density at radius 2 is 1.95 bits per heavy atom. The molecule has 0 heterocycles. The summed E-state index contributed by atoms with van der Waals surface area (Å²) >= 11 is 0. The first kappa shape index (κ1) is 15.5. The lowest BCUT2D eigenvalue weighted by atomic mass is 10.1. The van der Waals surface area contributed by atoms with Crippen LogP contribution in [-0.4, -0.2) is 39.7 Å². The average Bonchev–Trinajstić information content (AvgIpc) is 2.33. The molecule has 1 aromatic rings. The fourth-order valence-electron chi connectivity index (χ4n) is 1.97.